The van der Waals surface area contributed by atoms with E-state index >= 15 is 0 Å². The average molecular weight is 504 g/mol. The molecule has 29 heavy (non-hydrogen) atoms. The number of aryl methyl sites for hydroxylation is 1. The summed E-state index contributed by atoms with van der Waals surface area (Å²) in [6, 6.07) is 19.2. The normalized spacial score (nSPS) is 15.2. The van der Waals surface area contributed by atoms with Crippen LogP contribution in [0.5, 0.6) is 0 Å². The van der Waals surface area contributed by atoms with Crippen molar-refractivity contribution in [3.63, 3.8) is 0 Å². The van der Waals surface area contributed by atoms with Crippen molar-refractivity contribution in [2.75, 3.05) is 25.0 Å². The van der Waals surface area contributed by atoms with Gasteiger partial charge < -0.3 is 20.0 Å². The van der Waals surface area contributed by atoms with Crippen LogP contribution < -0.4 is 15.5 Å². The first-order chi connectivity index (χ1) is 13.7. The van der Waals surface area contributed by atoms with Crippen LogP contribution in [0.15, 0.2) is 64.0 Å². The second kappa shape index (κ2) is 10.0. The van der Waals surface area contributed by atoms with E-state index in [1.807, 2.05) is 25.2 Å². The maximum atomic E-state index is 5.99. The molecule has 1 aliphatic heterocycles. The van der Waals surface area contributed by atoms with Crippen LogP contribution in [0, 0.1) is 6.92 Å². The zero-order chi connectivity index (χ0) is 19.3. The lowest BCUT2D eigenvalue weighted by molar-refractivity contribution is 0.459. The highest BCUT2D eigenvalue weighted by atomic mass is 127. The van der Waals surface area contributed by atoms with Crippen molar-refractivity contribution in [2.24, 2.45) is 4.99 Å². The van der Waals surface area contributed by atoms with Gasteiger partial charge in [-0.15, -0.1) is 24.0 Å². The van der Waals surface area contributed by atoms with Gasteiger partial charge in [-0.25, -0.2) is 0 Å². The molecule has 3 aromatic rings. The fourth-order valence-electron chi connectivity index (χ4n) is 3.87. The van der Waals surface area contributed by atoms with Gasteiger partial charge in [0, 0.05) is 42.8 Å². The van der Waals surface area contributed by atoms with Crippen molar-refractivity contribution in [3.8, 4) is 0 Å². The third-order valence-corrected chi connectivity index (χ3v) is 5.54. The summed E-state index contributed by atoms with van der Waals surface area (Å²) < 4.78 is 5.99. The fourth-order valence-corrected chi connectivity index (χ4v) is 3.87. The molecule has 2 aromatic carbocycles. The minimum atomic E-state index is 0. The van der Waals surface area contributed by atoms with Crippen LogP contribution in [0.3, 0.4) is 0 Å². The number of hydrogen-bond acceptors (Lipinski definition) is 3. The number of nitrogens with one attached hydrogen (secondary N) is 2. The number of furan rings is 1. The Morgan fingerprint density at radius 1 is 1.07 bits per heavy atom. The standard InChI is InChI=1S/C23H28N4O.HI/c1-17-20-10-6-7-11-21(20)28-22(17)16-25-23(24-2)26-18-12-14-27(15-13-18)19-8-4-3-5-9-19;/h3-11,18H,12-16H2,1-2H3,(H2,24,25,26);1H. The smallest absolute Gasteiger partial charge is 0.191 e. The molecule has 1 aromatic heterocycles. The van der Waals surface area contributed by atoms with Gasteiger partial charge in [-0.05, 0) is 38.0 Å². The SMILES string of the molecule is CN=C(NCc1oc2ccccc2c1C)NC1CCN(c2ccccc2)CC1.I. The van der Waals surface area contributed by atoms with Crippen molar-refractivity contribution in [2.45, 2.75) is 32.4 Å². The van der Waals surface area contributed by atoms with Crippen LogP contribution in [0.4, 0.5) is 5.69 Å². The predicted molar refractivity (Wildman–Crippen MR) is 131 cm³/mol. The maximum Gasteiger partial charge on any atom is 0.191 e. The van der Waals surface area contributed by atoms with Crippen molar-refractivity contribution in [1.29, 1.82) is 0 Å². The quantitative estimate of drug-likeness (QED) is 0.308. The molecule has 1 saturated heterocycles. The van der Waals surface area contributed by atoms with Crippen molar-refractivity contribution in [3.05, 3.63) is 65.9 Å². The number of halogens is 1. The molecule has 0 amide bonds. The molecule has 0 atom stereocenters. The van der Waals surface area contributed by atoms with Gasteiger partial charge in [0.05, 0.1) is 6.54 Å². The highest BCUT2D eigenvalue weighted by molar-refractivity contribution is 14.0. The number of guanidine groups is 1. The molecular weight excluding hydrogens is 475 g/mol. The largest absolute Gasteiger partial charge is 0.459 e. The Balaban J connectivity index is 0.00000240. The molecular formula is C23H29IN4O. The molecule has 1 aliphatic rings. The maximum absolute atomic E-state index is 5.99. The summed E-state index contributed by atoms with van der Waals surface area (Å²) in [6.45, 7) is 4.85. The summed E-state index contributed by atoms with van der Waals surface area (Å²) in [5, 5.41) is 8.16. The van der Waals surface area contributed by atoms with E-state index in [0.717, 1.165) is 43.2 Å². The molecule has 0 unspecified atom stereocenters. The molecule has 5 nitrogen and oxygen atoms in total. The Bertz CT molecular complexity index is 946. The van der Waals surface area contributed by atoms with Crippen molar-refractivity contribution < 1.29 is 4.42 Å². The second-order valence-electron chi connectivity index (χ2n) is 7.31. The van der Waals surface area contributed by atoms with Gasteiger partial charge in [-0.2, -0.15) is 0 Å². The van der Waals surface area contributed by atoms with Gasteiger partial charge in [-0.1, -0.05) is 36.4 Å². The Morgan fingerprint density at radius 3 is 2.45 bits per heavy atom. The third-order valence-electron chi connectivity index (χ3n) is 5.54. The topological polar surface area (TPSA) is 52.8 Å². The van der Waals surface area contributed by atoms with Crippen LogP contribution in [0.25, 0.3) is 11.0 Å². The van der Waals surface area contributed by atoms with Gasteiger partial charge in [0.25, 0.3) is 0 Å². The van der Waals surface area contributed by atoms with E-state index in [9.17, 15) is 0 Å². The van der Waals surface area contributed by atoms with Crippen LogP contribution in [-0.4, -0.2) is 32.1 Å². The number of para-hydroxylation sites is 2. The molecule has 0 spiro atoms. The van der Waals surface area contributed by atoms with E-state index in [1.54, 1.807) is 0 Å². The van der Waals surface area contributed by atoms with Crippen molar-refractivity contribution in [1.82, 2.24) is 10.6 Å². The average Bonchev–Trinajstić information content (AvgIpc) is 3.08. The third kappa shape index (κ3) is 5.04. The summed E-state index contributed by atoms with van der Waals surface area (Å²) >= 11 is 0. The fraction of sp³-hybridized carbons (Fsp3) is 0.348. The van der Waals surface area contributed by atoms with Gasteiger partial charge in [0.2, 0.25) is 0 Å². The van der Waals surface area contributed by atoms with Crippen LogP contribution in [0.2, 0.25) is 0 Å². The van der Waals surface area contributed by atoms with E-state index in [0.29, 0.717) is 12.6 Å². The number of rotatable bonds is 4. The molecule has 154 valence electrons. The molecule has 2 heterocycles. The lowest BCUT2D eigenvalue weighted by atomic mass is 10.0. The first-order valence-corrected chi connectivity index (χ1v) is 9.99. The van der Waals surface area contributed by atoms with Gasteiger partial charge in [0.15, 0.2) is 5.96 Å². The van der Waals surface area contributed by atoms with E-state index in [1.165, 1.54) is 16.6 Å². The molecule has 4 rings (SSSR count). The monoisotopic (exact) mass is 504 g/mol. The van der Waals surface area contributed by atoms with E-state index in [2.05, 4.69) is 63.8 Å². The van der Waals surface area contributed by atoms with E-state index in [-0.39, 0.29) is 24.0 Å². The number of piperidine rings is 1. The molecule has 0 saturated carbocycles. The number of hydrogen-bond donors (Lipinski definition) is 2. The zero-order valence-corrected chi connectivity index (χ0v) is 19.4. The Hall–Kier alpha value is -2.22. The second-order valence-corrected chi connectivity index (χ2v) is 7.31. The molecule has 0 aliphatic carbocycles. The zero-order valence-electron chi connectivity index (χ0n) is 17.0. The van der Waals surface area contributed by atoms with Gasteiger partial charge in [0.1, 0.15) is 11.3 Å². The van der Waals surface area contributed by atoms with Crippen LogP contribution in [0.1, 0.15) is 24.2 Å². The summed E-state index contributed by atoms with van der Waals surface area (Å²) in [5.74, 6) is 1.79. The summed E-state index contributed by atoms with van der Waals surface area (Å²) in [7, 11) is 1.82. The Kier molecular flexibility index (Phi) is 7.41. The Morgan fingerprint density at radius 2 is 1.76 bits per heavy atom. The number of benzene rings is 2. The molecule has 0 bridgehead atoms. The molecule has 1 fully saturated rings. The summed E-state index contributed by atoms with van der Waals surface area (Å²) in [6.07, 6.45) is 2.19. The van der Waals surface area contributed by atoms with Crippen LogP contribution in [-0.2, 0) is 6.54 Å². The summed E-state index contributed by atoms with van der Waals surface area (Å²) in [5.41, 5.74) is 3.44. The predicted octanol–water partition coefficient (Wildman–Crippen LogP) is 4.69. The summed E-state index contributed by atoms with van der Waals surface area (Å²) in [4.78, 5) is 6.85. The number of nitrogens with zero attached hydrogens (tertiary/aromatic N) is 2. The first-order valence-electron chi connectivity index (χ1n) is 9.99. The lowest BCUT2D eigenvalue weighted by Gasteiger charge is -2.34. The Labute approximate surface area is 189 Å². The van der Waals surface area contributed by atoms with Crippen LogP contribution >= 0.6 is 24.0 Å². The molecule has 2 N–H and O–H groups in total. The first kappa shape index (κ1) is 21.5. The van der Waals surface area contributed by atoms with E-state index in [4.69, 9.17) is 4.42 Å². The lowest BCUT2D eigenvalue weighted by Crippen LogP contribution is -2.48. The van der Waals surface area contributed by atoms with Gasteiger partial charge in [-0.3, -0.25) is 4.99 Å². The minimum absolute atomic E-state index is 0. The highest BCUT2D eigenvalue weighted by Gasteiger charge is 2.20. The van der Waals surface area contributed by atoms with E-state index < -0.39 is 0 Å². The molecule has 6 heteroatoms. The minimum Gasteiger partial charge on any atom is -0.459 e. The number of anilines is 1. The van der Waals surface area contributed by atoms with Gasteiger partial charge >= 0.3 is 0 Å². The number of fused-ring (bicyclic) bond motifs is 1. The highest BCUT2D eigenvalue weighted by Crippen LogP contribution is 2.24. The van der Waals surface area contributed by atoms with Crippen molar-refractivity contribution >= 4 is 46.6 Å². The number of aliphatic imine (C=N–C) groups is 1. The molecule has 0 radical (unpaired) electrons.